The molecular formula is C17H15ClN2O3. The molecule has 118 valence electrons. The number of amides is 1. The molecular weight excluding hydrogens is 316 g/mol. The molecule has 1 aliphatic rings. The van der Waals surface area contributed by atoms with Crippen LogP contribution in [0.5, 0.6) is 0 Å². The summed E-state index contributed by atoms with van der Waals surface area (Å²) in [6.45, 7) is 3.99. The molecule has 0 aromatic heterocycles. The number of carbonyl (C=O) groups excluding carboxylic acids is 1. The summed E-state index contributed by atoms with van der Waals surface area (Å²) in [5.74, 6) is -0.308. The first-order valence-electron chi connectivity index (χ1n) is 7.21. The molecule has 0 unspecified atom stereocenters. The second-order valence-electron chi connectivity index (χ2n) is 5.80. The van der Waals surface area contributed by atoms with Crippen molar-refractivity contribution in [1.82, 2.24) is 0 Å². The van der Waals surface area contributed by atoms with Gasteiger partial charge in [0.2, 0.25) is 5.91 Å². The molecule has 5 nitrogen and oxygen atoms in total. The summed E-state index contributed by atoms with van der Waals surface area (Å²) in [7, 11) is 0. The quantitative estimate of drug-likeness (QED) is 0.657. The molecule has 1 N–H and O–H groups in total. The minimum absolute atomic E-state index is 0.0941. The van der Waals surface area contributed by atoms with Crippen LogP contribution in [0.2, 0.25) is 5.02 Å². The lowest BCUT2D eigenvalue weighted by Crippen LogP contribution is -2.24. The topological polar surface area (TPSA) is 72.2 Å². The number of rotatable bonds is 2. The van der Waals surface area contributed by atoms with Crippen molar-refractivity contribution in [2.45, 2.75) is 26.2 Å². The van der Waals surface area contributed by atoms with Crippen molar-refractivity contribution in [2.24, 2.45) is 0 Å². The van der Waals surface area contributed by atoms with E-state index < -0.39 is 4.92 Å². The van der Waals surface area contributed by atoms with Crippen LogP contribution >= 0.6 is 11.6 Å². The molecule has 3 rings (SSSR count). The predicted octanol–water partition coefficient (Wildman–Crippen LogP) is 4.34. The van der Waals surface area contributed by atoms with Crippen molar-refractivity contribution < 1.29 is 9.72 Å². The maximum Gasteiger partial charge on any atom is 0.288 e. The molecule has 2 aromatic rings. The normalized spacial score (nSPS) is 16.7. The molecule has 1 aliphatic heterocycles. The van der Waals surface area contributed by atoms with Gasteiger partial charge in [-0.05, 0) is 48.2 Å². The van der Waals surface area contributed by atoms with E-state index in [1.54, 1.807) is 6.07 Å². The van der Waals surface area contributed by atoms with Crippen LogP contribution in [-0.2, 0) is 4.79 Å². The highest BCUT2D eigenvalue weighted by atomic mass is 35.5. The second-order valence-corrected chi connectivity index (χ2v) is 6.20. The molecule has 0 bridgehead atoms. The zero-order valence-electron chi connectivity index (χ0n) is 12.7. The molecule has 6 heteroatoms. The van der Waals surface area contributed by atoms with E-state index in [-0.39, 0.29) is 29.0 Å². The van der Waals surface area contributed by atoms with E-state index in [4.69, 9.17) is 11.6 Å². The Morgan fingerprint density at radius 2 is 1.91 bits per heavy atom. The van der Waals surface area contributed by atoms with Gasteiger partial charge in [-0.15, -0.1) is 0 Å². The zero-order chi connectivity index (χ0) is 16.7. The molecule has 23 heavy (non-hydrogen) atoms. The van der Waals surface area contributed by atoms with Crippen LogP contribution in [0.4, 0.5) is 11.4 Å². The van der Waals surface area contributed by atoms with Crippen molar-refractivity contribution in [3.05, 3.63) is 67.7 Å². The first-order valence-corrected chi connectivity index (χ1v) is 7.59. The molecule has 1 amide bonds. The Hall–Kier alpha value is -2.40. The fourth-order valence-corrected chi connectivity index (χ4v) is 3.10. The number of nitrogens with one attached hydrogen (secondary N) is 1. The maximum atomic E-state index is 12.0. The number of aryl methyl sites for hydroxylation is 2. The third kappa shape index (κ3) is 2.80. The highest BCUT2D eigenvalue weighted by molar-refractivity contribution is 6.32. The Balaban J connectivity index is 2.15. The van der Waals surface area contributed by atoms with Crippen molar-refractivity contribution in [1.29, 1.82) is 0 Å². The van der Waals surface area contributed by atoms with E-state index in [2.05, 4.69) is 5.32 Å². The lowest BCUT2D eigenvalue weighted by molar-refractivity contribution is -0.384. The standard InChI is InChI=1S/C17H15ClN2O3/c1-9-5-13-12(8-17(21)19-15(13)6-10(9)2)11-3-4-14(18)16(7-11)20(22)23/h3-7,12H,8H2,1-2H3,(H,19,21)/t12-/m0/s1. The number of carbonyl (C=O) groups is 1. The van der Waals surface area contributed by atoms with E-state index >= 15 is 0 Å². The van der Waals surface area contributed by atoms with Gasteiger partial charge in [-0.3, -0.25) is 14.9 Å². The second kappa shape index (κ2) is 5.66. The molecule has 0 saturated carbocycles. The maximum absolute atomic E-state index is 12.0. The van der Waals surface area contributed by atoms with E-state index in [0.29, 0.717) is 0 Å². The SMILES string of the molecule is Cc1cc2c(cc1C)[C@H](c1ccc(Cl)c([N+](=O)[O-])c1)CC(=O)N2. The van der Waals surface area contributed by atoms with Crippen LogP contribution in [-0.4, -0.2) is 10.8 Å². The lowest BCUT2D eigenvalue weighted by atomic mass is 9.83. The lowest BCUT2D eigenvalue weighted by Gasteiger charge is -2.27. The predicted molar refractivity (Wildman–Crippen MR) is 89.1 cm³/mol. The van der Waals surface area contributed by atoms with Gasteiger partial charge in [0.05, 0.1) is 4.92 Å². The van der Waals surface area contributed by atoms with Gasteiger partial charge in [-0.2, -0.15) is 0 Å². The van der Waals surface area contributed by atoms with Crippen LogP contribution in [0.15, 0.2) is 30.3 Å². The summed E-state index contributed by atoms with van der Waals surface area (Å²) in [5.41, 5.74) is 4.54. The van der Waals surface area contributed by atoms with Crippen molar-refractivity contribution in [2.75, 3.05) is 5.32 Å². The molecule has 0 spiro atoms. The summed E-state index contributed by atoms with van der Waals surface area (Å²) < 4.78 is 0. The van der Waals surface area contributed by atoms with Gasteiger partial charge in [0.15, 0.2) is 0 Å². The molecule has 1 atom stereocenters. The van der Waals surface area contributed by atoms with Gasteiger partial charge in [-0.25, -0.2) is 0 Å². The number of hydrogen-bond donors (Lipinski definition) is 1. The first-order chi connectivity index (χ1) is 10.9. The van der Waals surface area contributed by atoms with Gasteiger partial charge in [0.25, 0.3) is 5.69 Å². The van der Waals surface area contributed by atoms with E-state index in [1.807, 2.05) is 26.0 Å². The monoisotopic (exact) mass is 330 g/mol. The Bertz CT molecular complexity index is 833. The molecule has 0 fully saturated rings. The van der Waals surface area contributed by atoms with Crippen LogP contribution in [0, 0.1) is 24.0 Å². The smallest absolute Gasteiger partial charge is 0.288 e. The number of benzene rings is 2. The summed E-state index contributed by atoms with van der Waals surface area (Å²) in [6, 6.07) is 8.71. The molecule has 1 heterocycles. The number of nitro groups is 1. The molecule has 0 radical (unpaired) electrons. The number of nitrogens with zero attached hydrogens (tertiary/aromatic N) is 1. The van der Waals surface area contributed by atoms with Crippen LogP contribution in [0.25, 0.3) is 0 Å². The largest absolute Gasteiger partial charge is 0.326 e. The van der Waals surface area contributed by atoms with Gasteiger partial charge >= 0.3 is 0 Å². The number of hydrogen-bond acceptors (Lipinski definition) is 3. The van der Waals surface area contributed by atoms with Crippen molar-refractivity contribution in [3.63, 3.8) is 0 Å². The minimum atomic E-state index is -0.504. The van der Waals surface area contributed by atoms with Crippen molar-refractivity contribution in [3.8, 4) is 0 Å². The number of nitro benzene ring substituents is 1. The van der Waals surface area contributed by atoms with Gasteiger partial charge in [-0.1, -0.05) is 23.7 Å². The average Bonchev–Trinajstić information content (AvgIpc) is 2.48. The number of halogens is 1. The third-order valence-corrected chi connectivity index (χ3v) is 4.59. The summed E-state index contributed by atoms with van der Waals surface area (Å²) >= 11 is 5.88. The Morgan fingerprint density at radius 3 is 2.61 bits per heavy atom. The fourth-order valence-electron chi connectivity index (χ4n) is 2.92. The highest BCUT2D eigenvalue weighted by Crippen LogP contribution is 2.40. The molecule has 2 aromatic carbocycles. The fraction of sp³-hybridized carbons (Fsp3) is 0.235. The summed E-state index contributed by atoms with van der Waals surface area (Å²) in [6.07, 6.45) is 0.258. The Labute approximate surface area is 138 Å². The number of anilines is 1. The third-order valence-electron chi connectivity index (χ3n) is 4.27. The Morgan fingerprint density at radius 1 is 1.22 bits per heavy atom. The zero-order valence-corrected chi connectivity index (χ0v) is 13.5. The van der Waals surface area contributed by atoms with E-state index in [0.717, 1.165) is 27.9 Å². The Kier molecular flexibility index (Phi) is 3.82. The summed E-state index contributed by atoms with van der Waals surface area (Å²) in [5, 5.41) is 14.1. The van der Waals surface area contributed by atoms with Crippen LogP contribution < -0.4 is 5.32 Å². The van der Waals surface area contributed by atoms with Crippen LogP contribution in [0.3, 0.4) is 0 Å². The number of fused-ring (bicyclic) bond motifs is 1. The average molecular weight is 331 g/mol. The first kappa shape index (κ1) is 15.5. The highest BCUT2D eigenvalue weighted by Gasteiger charge is 2.28. The summed E-state index contributed by atoms with van der Waals surface area (Å²) in [4.78, 5) is 22.6. The van der Waals surface area contributed by atoms with Gasteiger partial charge < -0.3 is 5.32 Å². The molecule has 0 aliphatic carbocycles. The molecule has 0 saturated heterocycles. The van der Waals surface area contributed by atoms with E-state index in [9.17, 15) is 14.9 Å². The minimum Gasteiger partial charge on any atom is -0.326 e. The van der Waals surface area contributed by atoms with Crippen molar-refractivity contribution >= 4 is 28.9 Å². The van der Waals surface area contributed by atoms with Crippen LogP contribution in [0.1, 0.15) is 34.6 Å². The van der Waals surface area contributed by atoms with Gasteiger partial charge in [0, 0.05) is 24.1 Å². The van der Waals surface area contributed by atoms with Gasteiger partial charge in [0.1, 0.15) is 5.02 Å². The van der Waals surface area contributed by atoms with E-state index in [1.165, 1.54) is 12.1 Å².